The molecule has 2 nitrogen and oxygen atoms in total. The lowest BCUT2D eigenvalue weighted by Gasteiger charge is -2.27. The lowest BCUT2D eigenvalue weighted by Crippen LogP contribution is -2.10. The molecule has 0 heterocycles. The van der Waals surface area contributed by atoms with Gasteiger partial charge < -0.3 is 9.80 Å². The number of nitrogens with zero attached hydrogens (tertiary/aromatic N) is 2. The van der Waals surface area contributed by atoms with Gasteiger partial charge >= 0.3 is 0 Å². The molecule has 0 amide bonds. The number of anilines is 6. The first kappa shape index (κ1) is 39.0. The van der Waals surface area contributed by atoms with Crippen LogP contribution >= 0.6 is 0 Å². The second-order valence-electron chi connectivity index (χ2n) is 15.9. The van der Waals surface area contributed by atoms with Crippen LogP contribution in [0.4, 0.5) is 34.1 Å². The minimum Gasteiger partial charge on any atom is -0.311 e. The molecule has 0 spiro atoms. The maximum absolute atomic E-state index is 4.19. The summed E-state index contributed by atoms with van der Waals surface area (Å²) in [7, 11) is 0. The summed E-state index contributed by atoms with van der Waals surface area (Å²) in [6.45, 7) is 4.19. The fourth-order valence-electron chi connectivity index (χ4n) is 8.45. The van der Waals surface area contributed by atoms with Gasteiger partial charge in [-0.15, -0.1) is 0 Å². The Hall–Kier alpha value is -8.20. The van der Waals surface area contributed by atoms with Crippen LogP contribution in [-0.2, 0) is 0 Å². The van der Waals surface area contributed by atoms with Crippen molar-refractivity contribution in [3.63, 3.8) is 0 Å². The van der Waals surface area contributed by atoms with Crippen molar-refractivity contribution in [2.45, 2.75) is 6.42 Å². The molecule has 63 heavy (non-hydrogen) atoms. The minimum atomic E-state index is 0.904. The lowest BCUT2D eigenvalue weighted by molar-refractivity contribution is 1.27. The Morgan fingerprint density at radius 1 is 0.270 bits per heavy atom. The smallest absolute Gasteiger partial charge is 0.0462 e. The Labute approximate surface area is 371 Å². The molecule has 1 aliphatic carbocycles. The van der Waals surface area contributed by atoms with Gasteiger partial charge in [0.15, 0.2) is 0 Å². The van der Waals surface area contributed by atoms with Crippen molar-refractivity contribution < 1.29 is 0 Å². The SMILES string of the molecule is C=C1C=C(c2ccc(N(c3ccc(-c4ccccc4)cc3)c3ccc(-c4ccc(N(c5ccc(-c6ccccc6)cc5)c5ccc(-c6ccccc6)cc5)cc4)cc3)cc2)C=CC1. The number of hydrogen-bond acceptors (Lipinski definition) is 2. The van der Waals surface area contributed by atoms with Gasteiger partial charge in [0, 0.05) is 34.1 Å². The highest BCUT2D eigenvalue weighted by atomic mass is 15.1. The average molecular weight is 807 g/mol. The number of hydrogen-bond donors (Lipinski definition) is 0. The van der Waals surface area contributed by atoms with Crippen LogP contribution < -0.4 is 9.80 Å². The van der Waals surface area contributed by atoms with E-state index < -0.39 is 0 Å². The van der Waals surface area contributed by atoms with Crippen LogP contribution in [0.25, 0.3) is 50.1 Å². The molecule has 0 radical (unpaired) electrons. The number of rotatable bonds is 11. The number of benzene rings is 9. The third-order valence-corrected chi connectivity index (χ3v) is 11.8. The first-order chi connectivity index (χ1) is 31.1. The Bertz CT molecular complexity index is 2920. The standard InChI is InChI=1S/C61H46N2/c1-45-12-11-19-55(44-45)54-30-42-61(43-31-54)63(58-36-24-51(25-37-58)48-17-9-4-10-18-48)60-40-28-53(29-41-60)52-26-38-59(39-27-52)62(56-32-20-49(21-33-56)46-13-5-2-6-14-46)57-34-22-50(23-35-57)47-15-7-3-8-16-47/h2-11,13-44H,1,12H2. The predicted octanol–water partition coefficient (Wildman–Crippen LogP) is 17.2. The summed E-state index contributed by atoms with van der Waals surface area (Å²) in [5.74, 6) is 0. The molecule has 0 bridgehead atoms. The van der Waals surface area contributed by atoms with Crippen molar-refractivity contribution in [2.24, 2.45) is 0 Å². The second-order valence-corrected chi connectivity index (χ2v) is 15.9. The van der Waals surface area contributed by atoms with Crippen molar-refractivity contribution in [1.82, 2.24) is 0 Å². The largest absolute Gasteiger partial charge is 0.311 e. The van der Waals surface area contributed by atoms with Crippen molar-refractivity contribution in [2.75, 3.05) is 9.80 Å². The van der Waals surface area contributed by atoms with Gasteiger partial charge in [-0.1, -0.05) is 194 Å². The Morgan fingerprint density at radius 2 is 0.508 bits per heavy atom. The maximum atomic E-state index is 4.19. The Kier molecular flexibility index (Phi) is 11.0. The van der Waals surface area contributed by atoms with Crippen LogP contribution in [0.1, 0.15) is 12.0 Å². The summed E-state index contributed by atoms with van der Waals surface area (Å²) in [4.78, 5) is 4.67. The van der Waals surface area contributed by atoms with Gasteiger partial charge in [-0.2, -0.15) is 0 Å². The van der Waals surface area contributed by atoms with Crippen LogP contribution in [0.2, 0.25) is 0 Å². The third-order valence-electron chi connectivity index (χ3n) is 11.8. The lowest BCUT2D eigenvalue weighted by atomic mass is 9.97. The Balaban J connectivity index is 0.959. The fraction of sp³-hybridized carbons (Fsp3) is 0.0164. The Morgan fingerprint density at radius 3 is 0.762 bits per heavy atom. The van der Waals surface area contributed by atoms with E-state index in [0.29, 0.717) is 0 Å². The summed E-state index contributed by atoms with van der Waals surface area (Å²) in [6, 6.07) is 84.9. The molecule has 0 fully saturated rings. The van der Waals surface area contributed by atoms with Crippen LogP contribution in [0.15, 0.2) is 267 Å². The first-order valence-electron chi connectivity index (χ1n) is 21.6. The van der Waals surface area contributed by atoms with Crippen LogP contribution in [0.3, 0.4) is 0 Å². The van der Waals surface area contributed by atoms with E-state index in [2.05, 4.69) is 271 Å². The zero-order chi connectivity index (χ0) is 42.4. The van der Waals surface area contributed by atoms with Crippen molar-refractivity contribution >= 4 is 39.7 Å². The molecule has 0 aliphatic heterocycles. The number of allylic oxidation sites excluding steroid dienone is 5. The molecule has 0 aromatic heterocycles. The summed E-state index contributed by atoms with van der Waals surface area (Å²) >= 11 is 0. The normalized spacial score (nSPS) is 12.1. The van der Waals surface area contributed by atoms with Gasteiger partial charge in [0.25, 0.3) is 0 Å². The van der Waals surface area contributed by atoms with Crippen molar-refractivity contribution in [1.29, 1.82) is 0 Å². The van der Waals surface area contributed by atoms with E-state index in [-0.39, 0.29) is 0 Å². The second kappa shape index (κ2) is 17.8. The van der Waals surface area contributed by atoms with Crippen LogP contribution in [-0.4, -0.2) is 0 Å². The average Bonchev–Trinajstić information content (AvgIpc) is 3.36. The van der Waals surface area contributed by atoms with Gasteiger partial charge in [-0.3, -0.25) is 0 Å². The van der Waals surface area contributed by atoms with Gasteiger partial charge in [0.05, 0.1) is 0 Å². The molecule has 1 aliphatic rings. The summed E-state index contributed by atoms with van der Waals surface area (Å²) in [6.07, 6.45) is 7.47. The first-order valence-corrected chi connectivity index (χ1v) is 21.6. The monoisotopic (exact) mass is 806 g/mol. The van der Waals surface area contributed by atoms with E-state index in [9.17, 15) is 0 Å². The van der Waals surface area contributed by atoms with E-state index in [4.69, 9.17) is 0 Å². The van der Waals surface area contributed by atoms with E-state index >= 15 is 0 Å². The molecule has 0 unspecified atom stereocenters. The zero-order valence-corrected chi connectivity index (χ0v) is 35.1. The van der Waals surface area contributed by atoms with E-state index in [0.717, 1.165) is 57.2 Å². The molecule has 9 aromatic carbocycles. The van der Waals surface area contributed by atoms with E-state index in [1.165, 1.54) is 44.5 Å². The zero-order valence-electron chi connectivity index (χ0n) is 35.1. The molecule has 0 saturated carbocycles. The van der Waals surface area contributed by atoms with E-state index in [1.54, 1.807) is 0 Å². The minimum absolute atomic E-state index is 0.904. The molecule has 0 atom stereocenters. The molecular weight excluding hydrogens is 761 g/mol. The van der Waals surface area contributed by atoms with Crippen LogP contribution in [0, 0.1) is 0 Å². The molecule has 10 rings (SSSR count). The highest BCUT2D eigenvalue weighted by molar-refractivity contribution is 5.84. The van der Waals surface area contributed by atoms with Gasteiger partial charge in [-0.25, -0.2) is 0 Å². The van der Waals surface area contributed by atoms with Gasteiger partial charge in [0.1, 0.15) is 0 Å². The van der Waals surface area contributed by atoms with E-state index in [1.807, 2.05) is 0 Å². The molecule has 0 saturated heterocycles. The summed E-state index contributed by atoms with van der Waals surface area (Å²) in [5.41, 5.74) is 19.6. The van der Waals surface area contributed by atoms with Crippen molar-refractivity contribution in [3.05, 3.63) is 273 Å². The highest BCUT2D eigenvalue weighted by Crippen LogP contribution is 2.40. The predicted molar refractivity (Wildman–Crippen MR) is 268 cm³/mol. The summed E-state index contributed by atoms with van der Waals surface area (Å²) in [5, 5.41) is 0. The molecule has 300 valence electrons. The molecule has 0 N–H and O–H groups in total. The summed E-state index contributed by atoms with van der Waals surface area (Å²) < 4.78 is 0. The topological polar surface area (TPSA) is 6.48 Å². The fourth-order valence-corrected chi connectivity index (χ4v) is 8.45. The molecular formula is C61H46N2. The van der Waals surface area contributed by atoms with Crippen LogP contribution in [0.5, 0.6) is 0 Å². The van der Waals surface area contributed by atoms with Gasteiger partial charge in [0.2, 0.25) is 0 Å². The molecule has 9 aromatic rings. The molecule has 2 heteroatoms. The quantitative estimate of drug-likeness (QED) is 0.128. The maximum Gasteiger partial charge on any atom is 0.0462 e. The van der Waals surface area contributed by atoms with Crippen molar-refractivity contribution in [3.8, 4) is 44.5 Å². The van der Waals surface area contributed by atoms with Gasteiger partial charge in [-0.05, 0) is 135 Å². The third kappa shape index (κ3) is 8.57. The highest BCUT2D eigenvalue weighted by Gasteiger charge is 2.16.